The molecule has 2 rings (SSSR count). The van der Waals surface area contributed by atoms with Gasteiger partial charge in [-0.25, -0.2) is 4.79 Å². The number of amides is 2. The van der Waals surface area contributed by atoms with Crippen molar-refractivity contribution >= 4 is 23.5 Å². The quantitative estimate of drug-likeness (QED) is 0.512. The lowest BCUT2D eigenvalue weighted by Crippen LogP contribution is -2.25. The molecule has 2 aromatic carbocycles. The number of rotatable bonds is 9. The number of hydrogen-bond acceptors (Lipinski definition) is 5. The van der Waals surface area contributed by atoms with Crippen molar-refractivity contribution in [2.75, 3.05) is 32.2 Å². The maximum atomic E-state index is 12.3. The number of nitrogens with one attached hydrogen (secondary N) is 2. The van der Waals surface area contributed by atoms with E-state index in [1.807, 2.05) is 0 Å². The van der Waals surface area contributed by atoms with Crippen molar-refractivity contribution < 1.29 is 23.9 Å². The van der Waals surface area contributed by atoms with Gasteiger partial charge in [-0.1, -0.05) is 0 Å². The number of hydrogen-bond donors (Lipinski definition) is 2. The van der Waals surface area contributed by atoms with Crippen LogP contribution in [0.25, 0.3) is 0 Å². The third-order valence-corrected chi connectivity index (χ3v) is 3.87. The van der Waals surface area contributed by atoms with Gasteiger partial charge in [0.05, 0.1) is 12.2 Å². The molecule has 0 bridgehead atoms. The van der Waals surface area contributed by atoms with Crippen LogP contribution in [-0.2, 0) is 9.47 Å². The number of ether oxygens (including phenoxy) is 2. The highest BCUT2D eigenvalue weighted by Gasteiger charge is 2.10. The summed E-state index contributed by atoms with van der Waals surface area (Å²) in [6.45, 7) is 3.15. The molecule has 0 atom stereocenters. The minimum absolute atomic E-state index is 0.197. The van der Waals surface area contributed by atoms with Crippen LogP contribution >= 0.6 is 0 Å². The lowest BCUT2D eigenvalue weighted by atomic mass is 10.1. The highest BCUT2D eigenvalue weighted by Crippen LogP contribution is 2.13. The lowest BCUT2D eigenvalue weighted by Gasteiger charge is -2.08. The van der Waals surface area contributed by atoms with Crippen LogP contribution in [0.5, 0.6) is 0 Å². The Morgan fingerprint density at radius 1 is 0.857 bits per heavy atom. The Labute approximate surface area is 164 Å². The van der Waals surface area contributed by atoms with Gasteiger partial charge >= 0.3 is 5.97 Å². The Bertz CT molecular complexity index is 801. The SMILES string of the molecule is CCOC(=O)c1ccc(NC(=O)c2ccc(C(=O)NCCCOC)cc2)cc1. The number of esters is 1. The molecule has 0 radical (unpaired) electrons. The van der Waals surface area contributed by atoms with Crippen LogP contribution in [0, 0.1) is 0 Å². The number of anilines is 1. The zero-order chi connectivity index (χ0) is 20.4. The van der Waals surface area contributed by atoms with E-state index in [2.05, 4.69) is 10.6 Å². The second-order valence-corrected chi connectivity index (χ2v) is 5.93. The molecule has 7 heteroatoms. The summed E-state index contributed by atoms with van der Waals surface area (Å²) in [5.41, 5.74) is 1.87. The van der Waals surface area contributed by atoms with Crippen molar-refractivity contribution in [3.63, 3.8) is 0 Å². The van der Waals surface area contributed by atoms with E-state index in [1.165, 1.54) is 0 Å². The molecule has 2 N–H and O–H groups in total. The second-order valence-electron chi connectivity index (χ2n) is 5.93. The minimum atomic E-state index is -0.406. The molecule has 0 unspecified atom stereocenters. The zero-order valence-electron chi connectivity index (χ0n) is 16.0. The van der Waals surface area contributed by atoms with Gasteiger partial charge in [-0.15, -0.1) is 0 Å². The summed E-state index contributed by atoms with van der Waals surface area (Å²) in [6.07, 6.45) is 0.734. The monoisotopic (exact) mass is 384 g/mol. The van der Waals surface area contributed by atoms with E-state index >= 15 is 0 Å². The summed E-state index contributed by atoms with van der Waals surface area (Å²) >= 11 is 0. The van der Waals surface area contributed by atoms with Gasteiger partial charge in [0.2, 0.25) is 0 Å². The fourth-order valence-corrected chi connectivity index (χ4v) is 2.40. The summed E-state index contributed by atoms with van der Waals surface area (Å²) in [4.78, 5) is 36.0. The maximum absolute atomic E-state index is 12.3. The Balaban J connectivity index is 1.92. The molecule has 2 amide bonds. The molecule has 148 valence electrons. The first-order valence-electron chi connectivity index (χ1n) is 9.01. The molecule has 0 aliphatic carbocycles. The fourth-order valence-electron chi connectivity index (χ4n) is 2.40. The summed E-state index contributed by atoms with van der Waals surface area (Å²) in [5, 5.41) is 5.54. The predicted octanol–water partition coefficient (Wildman–Crippen LogP) is 2.88. The molecule has 2 aromatic rings. The van der Waals surface area contributed by atoms with Crippen LogP contribution in [0.3, 0.4) is 0 Å². The first-order chi connectivity index (χ1) is 13.5. The molecule has 0 heterocycles. The van der Waals surface area contributed by atoms with Crippen LogP contribution in [0.4, 0.5) is 5.69 Å². The molecule has 0 saturated carbocycles. The van der Waals surface area contributed by atoms with Crippen molar-refractivity contribution in [1.29, 1.82) is 0 Å². The summed E-state index contributed by atoms with van der Waals surface area (Å²) < 4.78 is 9.85. The topological polar surface area (TPSA) is 93.7 Å². The van der Waals surface area contributed by atoms with E-state index in [-0.39, 0.29) is 11.8 Å². The number of carbonyl (C=O) groups excluding carboxylic acids is 3. The third kappa shape index (κ3) is 6.21. The standard InChI is InChI=1S/C21H24N2O5/c1-3-28-21(26)17-9-11-18(12-10-17)23-20(25)16-7-5-15(6-8-16)19(24)22-13-4-14-27-2/h5-12H,3-4,13-14H2,1-2H3,(H,22,24)(H,23,25). The van der Waals surface area contributed by atoms with Crippen LogP contribution < -0.4 is 10.6 Å². The molecule has 0 saturated heterocycles. The molecule has 28 heavy (non-hydrogen) atoms. The Morgan fingerprint density at radius 2 is 1.43 bits per heavy atom. The van der Waals surface area contributed by atoms with Gasteiger partial charge in [0.25, 0.3) is 11.8 Å². The maximum Gasteiger partial charge on any atom is 0.338 e. The summed E-state index contributed by atoms with van der Waals surface area (Å²) in [7, 11) is 1.61. The molecule has 0 aliphatic heterocycles. The Hall–Kier alpha value is -3.19. The smallest absolute Gasteiger partial charge is 0.338 e. The van der Waals surface area contributed by atoms with E-state index in [0.29, 0.717) is 42.1 Å². The molecular formula is C21H24N2O5. The molecule has 0 fully saturated rings. The second kappa shape index (κ2) is 10.8. The van der Waals surface area contributed by atoms with Crippen LogP contribution in [0.2, 0.25) is 0 Å². The highest BCUT2D eigenvalue weighted by atomic mass is 16.5. The van der Waals surface area contributed by atoms with Gasteiger partial charge < -0.3 is 20.1 Å². The van der Waals surface area contributed by atoms with Crippen molar-refractivity contribution in [3.05, 3.63) is 65.2 Å². The summed E-state index contributed by atoms with van der Waals surface area (Å²) in [5.74, 6) is -0.912. The number of methoxy groups -OCH3 is 1. The van der Waals surface area contributed by atoms with Gasteiger partial charge in [-0.2, -0.15) is 0 Å². The van der Waals surface area contributed by atoms with E-state index in [4.69, 9.17) is 9.47 Å². The fraction of sp³-hybridized carbons (Fsp3) is 0.286. The average Bonchev–Trinajstić information content (AvgIpc) is 2.72. The highest BCUT2D eigenvalue weighted by molar-refractivity contribution is 6.05. The summed E-state index contributed by atoms with van der Waals surface area (Å²) in [6, 6.07) is 12.8. The van der Waals surface area contributed by atoms with Crippen LogP contribution in [0.1, 0.15) is 44.4 Å². The van der Waals surface area contributed by atoms with Gasteiger partial charge in [0, 0.05) is 37.1 Å². The van der Waals surface area contributed by atoms with Crippen molar-refractivity contribution in [2.24, 2.45) is 0 Å². The van der Waals surface area contributed by atoms with Crippen LogP contribution in [0.15, 0.2) is 48.5 Å². The number of carbonyl (C=O) groups is 3. The van der Waals surface area contributed by atoms with E-state index in [1.54, 1.807) is 62.6 Å². The molecule has 0 spiro atoms. The van der Waals surface area contributed by atoms with Crippen molar-refractivity contribution in [2.45, 2.75) is 13.3 Å². The van der Waals surface area contributed by atoms with E-state index in [9.17, 15) is 14.4 Å². The van der Waals surface area contributed by atoms with E-state index in [0.717, 1.165) is 6.42 Å². The largest absolute Gasteiger partial charge is 0.462 e. The Morgan fingerprint density at radius 3 is 2.00 bits per heavy atom. The van der Waals surface area contributed by atoms with Crippen LogP contribution in [-0.4, -0.2) is 44.7 Å². The van der Waals surface area contributed by atoms with Crippen molar-refractivity contribution in [1.82, 2.24) is 5.32 Å². The first kappa shape index (κ1) is 21.1. The van der Waals surface area contributed by atoms with Gasteiger partial charge in [-0.05, 0) is 61.9 Å². The molecule has 0 aliphatic rings. The minimum Gasteiger partial charge on any atom is -0.462 e. The lowest BCUT2D eigenvalue weighted by molar-refractivity contribution is 0.0526. The first-order valence-corrected chi connectivity index (χ1v) is 9.01. The van der Waals surface area contributed by atoms with Gasteiger partial charge in [-0.3, -0.25) is 9.59 Å². The molecule has 7 nitrogen and oxygen atoms in total. The molecule has 0 aromatic heterocycles. The third-order valence-electron chi connectivity index (χ3n) is 3.87. The average molecular weight is 384 g/mol. The Kier molecular flexibility index (Phi) is 8.17. The van der Waals surface area contributed by atoms with Gasteiger partial charge in [0.1, 0.15) is 0 Å². The van der Waals surface area contributed by atoms with Gasteiger partial charge in [0.15, 0.2) is 0 Å². The van der Waals surface area contributed by atoms with Crippen molar-refractivity contribution in [3.8, 4) is 0 Å². The number of benzene rings is 2. The van der Waals surface area contributed by atoms with E-state index < -0.39 is 5.97 Å². The normalized spacial score (nSPS) is 10.2. The zero-order valence-corrected chi connectivity index (χ0v) is 16.0. The molecular weight excluding hydrogens is 360 g/mol. The predicted molar refractivity (Wildman–Crippen MR) is 106 cm³/mol.